The summed E-state index contributed by atoms with van der Waals surface area (Å²) in [6.07, 6.45) is 0. The molecule has 1 spiro atoms. The SMILES string of the molecule is c1ccc(-c2ccccc2N(c2ccccc2)c2ccc3c(c2)-c2ccccc2-c2ccccc2C32c3ccccc3-c3c2ccc2c3oc3ccccc32)cc1. The summed E-state index contributed by atoms with van der Waals surface area (Å²) in [5.74, 6) is 0. The Morgan fingerprint density at radius 2 is 0.912 bits per heavy atom. The smallest absolute Gasteiger partial charge is 0.143 e. The maximum Gasteiger partial charge on any atom is 0.143 e. The number of hydrogen-bond acceptors (Lipinski definition) is 2. The third-order valence-electron chi connectivity index (χ3n) is 12.3. The van der Waals surface area contributed by atoms with Gasteiger partial charge in [0.1, 0.15) is 11.2 Å². The molecule has 0 radical (unpaired) electrons. The van der Waals surface area contributed by atoms with Crippen LogP contribution in [0.2, 0.25) is 0 Å². The lowest BCUT2D eigenvalue weighted by Crippen LogP contribution is -2.29. The van der Waals surface area contributed by atoms with Crippen LogP contribution in [0.3, 0.4) is 0 Å². The summed E-state index contributed by atoms with van der Waals surface area (Å²) in [6.45, 7) is 0. The summed E-state index contributed by atoms with van der Waals surface area (Å²) in [7, 11) is 0. The molecule has 266 valence electrons. The first kappa shape index (κ1) is 31.9. The summed E-state index contributed by atoms with van der Waals surface area (Å²) in [6, 6.07) is 77.6. The minimum Gasteiger partial charge on any atom is -0.455 e. The van der Waals surface area contributed by atoms with E-state index >= 15 is 0 Å². The highest BCUT2D eigenvalue weighted by atomic mass is 16.3. The normalized spacial score (nSPS) is 14.7. The van der Waals surface area contributed by atoms with Gasteiger partial charge in [-0.3, -0.25) is 0 Å². The average Bonchev–Trinajstić information content (AvgIpc) is 3.78. The van der Waals surface area contributed by atoms with Gasteiger partial charge >= 0.3 is 0 Å². The first-order chi connectivity index (χ1) is 28.3. The second-order valence-corrected chi connectivity index (χ2v) is 15.1. The quantitative estimate of drug-likeness (QED) is 0.180. The number of nitrogens with zero attached hydrogens (tertiary/aromatic N) is 1. The molecule has 1 aromatic heterocycles. The van der Waals surface area contributed by atoms with Crippen LogP contribution in [-0.4, -0.2) is 0 Å². The van der Waals surface area contributed by atoms with Gasteiger partial charge in [-0.15, -0.1) is 0 Å². The first-order valence-electron chi connectivity index (χ1n) is 19.7. The highest BCUT2D eigenvalue weighted by Crippen LogP contribution is 2.63. The minimum absolute atomic E-state index is 0.623. The Kier molecular flexibility index (Phi) is 6.88. The van der Waals surface area contributed by atoms with E-state index in [9.17, 15) is 0 Å². The third kappa shape index (κ3) is 4.47. The molecule has 9 aromatic carbocycles. The van der Waals surface area contributed by atoms with Crippen LogP contribution >= 0.6 is 0 Å². The van der Waals surface area contributed by atoms with E-state index in [4.69, 9.17) is 4.42 Å². The summed E-state index contributed by atoms with van der Waals surface area (Å²) < 4.78 is 6.84. The highest BCUT2D eigenvalue weighted by molar-refractivity contribution is 6.13. The van der Waals surface area contributed by atoms with Crippen molar-refractivity contribution >= 4 is 39.0 Å². The highest BCUT2D eigenvalue weighted by Gasteiger charge is 2.50. The van der Waals surface area contributed by atoms with Crippen LogP contribution in [0.5, 0.6) is 0 Å². The van der Waals surface area contributed by atoms with Crippen molar-refractivity contribution in [1.29, 1.82) is 0 Å². The predicted molar refractivity (Wildman–Crippen MR) is 236 cm³/mol. The molecule has 12 rings (SSSR count). The van der Waals surface area contributed by atoms with Crippen molar-refractivity contribution < 1.29 is 4.42 Å². The van der Waals surface area contributed by atoms with Crippen molar-refractivity contribution in [2.45, 2.75) is 5.41 Å². The molecule has 1 heterocycles. The molecule has 0 saturated carbocycles. The van der Waals surface area contributed by atoms with Crippen molar-refractivity contribution in [1.82, 2.24) is 0 Å². The molecule has 0 aliphatic heterocycles. The lowest BCUT2D eigenvalue weighted by Gasteiger charge is -2.36. The van der Waals surface area contributed by atoms with Crippen molar-refractivity contribution in [2.24, 2.45) is 0 Å². The zero-order valence-corrected chi connectivity index (χ0v) is 31.1. The van der Waals surface area contributed by atoms with E-state index in [1.54, 1.807) is 0 Å². The molecule has 57 heavy (non-hydrogen) atoms. The number of fused-ring (bicyclic) bond motifs is 16. The number of anilines is 3. The first-order valence-corrected chi connectivity index (χ1v) is 19.7. The number of hydrogen-bond donors (Lipinski definition) is 0. The Hall–Kier alpha value is -7.42. The fourth-order valence-corrected chi connectivity index (χ4v) is 10.0. The van der Waals surface area contributed by atoms with Crippen LogP contribution in [0.4, 0.5) is 17.1 Å². The van der Waals surface area contributed by atoms with E-state index in [1.165, 1.54) is 66.8 Å². The maximum absolute atomic E-state index is 6.84. The second kappa shape index (κ2) is 12.3. The van der Waals surface area contributed by atoms with Gasteiger partial charge in [0.2, 0.25) is 0 Å². The molecular formula is C55H35NO. The Bertz CT molecular complexity index is 3190. The molecule has 2 nitrogen and oxygen atoms in total. The van der Waals surface area contributed by atoms with E-state index in [-0.39, 0.29) is 0 Å². The van der Waals surface area contributed by atoms with E-state index in [2.05, 4.69) is 217 Å². The topological polar surface area (TPSA) is 16.4 Å². The third-order valence-corrected chi connectivity index (χ3v) is 12.3. The number of para-hydroxylation sites is 3. The monoisotopic (exact) mass is 725 g/mol. The molecule has 1 atom stereocenters. The van der Waals surface area contributed by atoms with Gasteiger partial charge in [-0.1, -0.05) is 176 Å². The molecule has 2 heteroatoms. The van der Waals surface area contributed by atoms with Gasteiger partial charge in [-0.25, -0.2) is 0 Å². The van der Waals surface area contributed by atoms with E-state index in [0.29, 0.717) is 0 Å². The molecule has 2 aliphatic carbocycles. The zero-order valence-electron chi connectivity index (χ0n) is 31.1. The standard InChI is InChI=1S/C55H35NO/c1-3-17-36(18-4-1)39-21-11-15-29-51(39)56(37-19-5-2-6-20-37)38-31-33-49-46(35-38)41-23-8-7-22-40(41)42-24-9-13-27-47(42)55(49)48-28-14-10-26-45(48)53-50(55)34-32-44-43-25-12-16-30-52(43)57-54(44)53/h1-35H. The molecule has 0 N–H and O–H groups in total. The molecule has 0 bridgehead atoms. The summed E-state index contributed by atoms with van der Waals surface area (Å²) in [5.41, 5.74) is 19.3. The zero-order chi connectivity index (χ0) is 37.5. The van der Waals surface area contributed by atoms with Gasteiger partial charge in [0.25, 0.3) is 0 Å². The van der Waals surface area contributed by atoms with Crippen molar-refractivity contribution in [3.63, 3.8) is 0 Å². The Balaban J connectivity index is 1.20. The molecule has 10 aromatic rings. The van der Waals surface area contributed by atoms with Gasteiger partial charge in [-0.05, 0) is 92.0 Å². The second-order valence-electron chi connectivity index (χ2n) is 15.1. The van der Waals surface area contributed by atoms with Gasteiger partial charge in [-0.2, -0.15) is 0 Å². The predicted octanol–water partition coefficient (Wildman–Crippen LogP) is 14.7. The van der Waals surface area contributed by atoms with Gasteiger partial charge < -0.3 is 9.32 Å². The lowest BCUT2D eigenvalue weighted by atomic mass is 9.66. The van der Waals surface area contributed by atoms with Crippen molar-refractivity contribution in [3.05, 3.63) is 235 Å². The fourth-order valence-electron chi connectivity index (χ4n) is 10.0. The largest absolute Gasteiger partial charge is 0.455 e. The molecule has 1 unspecified atom stereocenters. The lowest BCUT2D eigenvalue weighted by molar-refractivity contribution is 0.669. The van der Waals surface area contributed by atoms with E-state index in [1.807, 2.05) is 0 Å². The van der Waals surface area contributed by atoms with Crippen molar-refractivity contribution in [3.8, 4) is 44.5 Å². The van der Waals surface area contributed by atoms with Gasteiger partial charge in [0, 0.05) is 33.3 Å². The van der Waals surface area contributed by atoms with Crippen LogP contribution in [0, 0.1) is 0 Å². The molecule has 0 amide bonds. The van der Waals surface area contributed by atoms with Gasteiger partial charge in [0.15, 0.2) is 0 Å². The number of rotatable bonds is 4. The molecule has 2 aliphatic rings. The average molecular weight is 726 g/mol. The van der Waals surface area contributed by atoms with Crippen LogP contribution in [0.1, 0.15) is 22.3 Å². The van der Waals surface area contributed by atoms with E-state index in [0.717, 1.165) is 39.0 Å². The summed E-state index contributed by atoms with van der Waals surface area (Å²) in [5, 5.41) is 2.29. The number of furan rings is 1. The van der Waals surface area contributed by atoms with Crippen LogP contribution in [0.15, 0.2) is 217 Å². The molecule has 0 saturated heterocycles. The maximum atomic E-state index is 6.84. The Morgan fingerprint density at radius 3 is 1.70 bits per heavy atom. The van der Waals surface area contributed by atoms with Crippen LogP contribution < -0.4 is 4.90 Å². The van der Waals surface area contributed by atoms with Crippen molar-refractivity contribution in [2.75, 3.05) is 4.90 Å². The minimum atomic E-state index is -0.623. The molecular weight excluding hydrogens is 691 g/mol. The van der Waals surface area contributed by atoms with Crippen LogP contribution in [-0.2, 0) is 5.41 Å². The number of benzene rings is 9. The summed E-state index contributed by atoms with van der Waals surface area (Å²) >= 11 is 0. The Labute approximate surface area is 331 Å². The van der Waals surface area contributed by atoms with Gasteiger partial charge in [0.05, 0.1) is 11.1 Å². The van der Waals surface area contributed by atoms with E-state index < -0.39 is 5.41 Å². The summed E-state index contributed by atoms with van der Waals surface area (Å²) in [4.78, 5) is 2.42. The Morgan fingerprint density at radius 1 is 0.351 bits per heavy atom. The van der Waals surface area contributed by atoms with Crippen LogP contribution in [0.25, 0.3) is 66.4 Å². The molecule has 0 fully saturated rings. The fraction of sp³-hybridized carbons (Fsp3) is 0.0182.